The van der Waals surface area contributed by atoms with Crippen LogP contribution < -0.4 is 0 Å². The topological polar surface area (TPSA) is 81.7 Å². The van der Waals surface area contributed by atoms with Crippen molar-refractivity contribution in [1.29, 1.82) is 10.5 Å². The SMILES string of the molecule is CC#C[C@@]12C=C(C#N)C(=O)C=C1[C@@]1(C)C=C(C#N)C(=O)C(C)(C)[C@@H]1CC2. The van der Waals surface area contributed by atoms with Crippen molar-refractivity contribution in [2.45, 2.75) is 40.5 Å². The molecule has 0 bridgehead atoms. The van der Waals surface area contributed by atoms with Crippen LogP contribution in [0.4, 0.5) is 0 Å². The number of fused-ring (bicyclic) bond motifs is 3. The Morgan fingerprint density at radius 3 is 2.31 bits per heavy atom. The highest BCUT2D eigenvalue weighted by Crippen LogP contribution is 2.63. The lowest BCUT2D eigenvalue weighted by molar-refractivity contribution is -0.130. The maximum absolute atomic E-state index is 12.7. The summed E-state index contributed by atoms with van der Waals surface area (Å²) in [5.74, 6) is 5.65. The van der Waals surface area contributed by atoms with E-state index in [-0.39, 0.29) is 28.6 Å². The third-order valence-corrected chi connectivity index (χ3v) is 6.28. The molecule has 0 unspecified atom stereocenters. The van der Waals surface area contributed by atoms with Gasteiger partial charge in [0.25, 0.3) is 0 Å². The van der Waals surface area contributed by atoms with Crippen molar-refractivity contribution in [3.8, 4) is 24.0 Å². The molecule has 3 aliphatic rings. The summed E-state index contributed by atoms with van der Waals surface area (Å²) in [7, 11) is 0. The number of carbonyl (C=O) groups excluding carboxylic acids is 2. The molecule has 0 aromatic rings. The Labute approximate surface area is 153 Å². The van der Waals surface area contributed by atoms with Crippen LogP contribution in [0.5, 0.6) is 0 Å². The standard InChI is InChI=1S/C22H20N2O2/c1-5-7-22-8-6-17-20(2,3)19(26)15(13-24)10-21(17,4)18(22)9-16(25)14(11-22)12-23/h9-11,17H,6,8H2,1-4H3/t17-,21-,22+/m0/s1. The van der Waals surface area contributed by atoms with Gasteiger partial charge in [0.15, 0.2) is 11.6 Å². The van der Waals surface area contributed by atoms with Crippen molar-refractivity contribution in [1.82, 2.24) is 0 Å². The van der Waals surface area contributed by atoms with Crippen LogP contribution in [0.2, 0.25) is 0 Å². The molecule has 0 amide bonds. The van der Waals surface area contributed by atoms with E-state index in [1.165, 1.54) is 6.08 Å². The largest absolute Gasteiger partial charge is 0.293 e. The van der Waals surface area contributed by atoms with Gasteiger partial charge in [-0.25, -0.2) is 0 Å². The van der Waals surface area contributed by atoms with Crippen molar-refractivity contribution in [3.05, 3.63) is 34.9 Å². The Kier molecular flexibility index (Phi) is 3.82. The zero-order chi connectivity index (χ0) is 19.3. The predicted molar refractivity (Wildman–Crippen MR) is 96.0 cm³/mol. The third-order valence-electron chi connectivity index (χ3n) is 6.28. The van der Waals surface area contributed by atoms with Gasteiger partial charge < -0.3 is 0 Å². The molecule has 0 aliphatic heterocycles. The van der Waals surface area contributed by atoms with Crippen LogP contribution in [0.25, 0.3) is 0 Å². The second kappa shape index (κ2) is 5.55. The van der Waals surface area contributed by atoms with Gasteiger partial charge in [0.2, 0.25) is 0 Å². The number of Topliss-reactive ketones (excluding diaryl/α,β-unsaturated/α-hetero) is 1. The van der Waals surface area contributed by atoms with Crippen LogP contribution >= 0.6 is 0 Å². The van der Waals surface area contributed by atoms with E-state index < -0.39 is 16.2 Å². The molecule has 3 rings (SSSR count). The van der Waals surface area contributed by atoms with Crippen LogP contribution in [-0.2, 0) is 9.59 Å². The van der Waals surface area contributed by atoms with E-state index in [0.29, 0.717) is 6.42 Å². The van der Waals surface area contributed by atoms with E-state index in [0.717, 1.165) is 12.0 Å². The fourth-order valence-electron chi connectivity index (χ4n) is 5.15. The first-order valence-corrected chi connectivity index (χ1v) is 8.68. The second-order valence-electron chi connectivity index (χ2n) is 8.03. The van der Waals surface area contributed by atoms with Crippen molar-refractivity contribution >= 4 is 11.6 Å². The van der Waals surface area contributed by atoms with Gasteiger partial charge in [-0.2, -0.15) is 10.5 Å². The summed E-state index contributed by atoms with van der Waals surface area (Å²) in [4.78, 5) is 25.2. The van der Waals surface area contributed by atoms with Crippen LogP contribution in [0.1, 0.15) is 40.5 Å². The van der Waals surface area contributed by atoms with Crippen LogP contribution in [0.3, 0.4) is 0 Å². The Balaban J connectivity index is 2.32. The second-order valence-corrected chi connectivity index (χ2v) is 8.03. The summed E-state index contributed by atoms with van der Waals surface area (Å²) in [5, 5.41) is 18.8. The molecule has 0 N–H and O–H groups in total. The maximum Gasteiger partial charge on any atom is 0.196 e. The average molecular weight is 344 g/mol. The Morgan fingerprint density at radius 2 is 1.73 bits per heavy atom. The summed E-state index contributed by atoms with van der Waals surface area (Å²) < 4.78 is 0. The summed E-state index contributed by atoms with van der Waals surface area (Å²) in [6.45, 7) is 7.48. The molecule has 3 aliphatic carbocycles. The average Bonchev–Trinajstić information content (AvgIpc) is 2.59. The third kappa shape index (κ3) is 2.14. The number of ketones is 2. The number of hydrogen-bond acceptors (Lipinski definition) is 4. The van der Waals surface area contributed by atoms with Gasteiger partial charge in [0.1, 0.15) is 12.1 Å². The number of hydrogen-bond donors (Lipinski definition) is 0. The quantitative estimate of drug-likeness (QED) is 0.630. The summed E-state index contributed by atoms with van der Waals surface area (Å²) in [6, 6.07) is 4.01. The highest BCUT2D eigenvalue weighted by molar-refractivity contribution is 6.09. The molecule has 0 saturated heterocycles. The highest BCUT2D eigenvalue weighted by atomic mass is 16.1. The molecular formula is C22H20N2O2. The minimum absolute atomic E-state index is 0.0394. The molecule has 4 heteroatoms. The molecule has 1 fully saturated rings. The van der Waals surface area contributed by atoms with Crippen LogP contribution in [-0.4, -0.2) is 11.6 Å². The fraction of sp³-hybridized carbons (Fsp3) is 0.455. The van der Waals surface area contributed by atoms with Gasteiger partial charge in [0, 0.05) is 10.8 Å². The molecule has 26 heavy (non-hydrogen) atoms. The molecule has 0 heterocycles. The van der Waals surface area contributed by atoms with Gasteiger partial charge >= 0.3 is 0 Å². The lowest BCUT2D eigenvalue weighted by Gasteiger charge is -2.56. The van der Waals surface area contributed by atoms with Gasteiger partial charge in [-0.15, -0.1) is 5.92 Å². The molecule has 3 atom stereocenters. The predicted octanol–water partition coefficient (Wildman–Crippen LogP) is 3.43. The molecule has 0 aromatic carbocycles. The molecule has 0 spiro atoms. The molecule has 0 aromatic heterocycles. The normalized spacial score (nSPS) is 34.5. The lowest BCUT2D eigenvalue weighted by atomic mass is 9.45. The van der Waals surface area contributed by atoms with Crippen molar-refractivity contribution < 1.29 is 9.59 Å². The fourth-order valence-corrected chi connectivity index (χ4v) is 5.15. The first-order valence-electron chi connectivity index (χ1n) is 8.68. The van der Waals surface area contributed by atoms with Crippen molar-refractivity contribution in [2.24, 2.45) is 22.2 Å². The van der Waals surface area contributed by atoms with Crippen LogP contribution in [0, 0.1) is 56.7 Å². The van der Waals surface area contributed by atoms with E-state index >= 15 is 0 Å². The monoisotopic (exact) mass is 344 g/mol. The van der Waals surface area contributed by atoms with Crippen LogP contribution in [0.15, 0.2) is 34.9 Å². The van der Waals surface area contributed by atoms with Gasteiger partial charge in [0.05, 0.1) is 16.6 Å². The number of nitrogens with zero attached hydrogens (tertiary/aromatic N) is 2. The number of rotatable bonds is 0. The summed E-state index contributed by atoms with van der Waals surface area (Å²) in [6.07, 6.45) is 6.30. The number of carbonyl (C=O) groups is 2. The van der Waals surface area contributed by atoms with E-state index in [1.54, 1.807) is 19.1 Å². The van der Waals surface area contributed by atoms with Crippen molar-refractivity contribution in [2.75, 3.05) is 0 Å². The van der Waals surface area contributed by atoms with E-state index in [1.807, 2.05) is 32.9 Å². The molecular weight excluding hydrogens is 324 g/mol. The highest BCUT2D eigenvalue weighted by Gasteiger charge is 2.59. The summed E-state index contributed by atoms with van der Waals surface area (Å²) in [5.41, 5.74) is -1.01. The van der Waals surface area contributed by atoms with Gasteiger partial charge in [-0.1, -0.05) is 32.8 Å². The lowest BCUT2D eigenvalue weighted by Crippen LogP contribution is -2.53. The first kappa shape index (κ1) is 17.9. The van der Waals surface area contributed by atoms with E-state index in [9.17, 15) is 20.1 Å². The minimum atomic E-state index is -0.705. The van der Waals surface area contributed by atoms with E-state index in [2.05, 4.69) is 11.8 Å². The Hall–Kier alpha value is -2.90. The zero-order valence-electron chi connectivity index (χ0n) is 15.4. The number of allylic oxidation sites excluding steroid dienone is 6. The maximum atomic E-state index is 12.7. The minimum Gasteiger partial charge on any atom is -0.293 e. The Morgan fingerprint density at radius 1 is 1.08 bits per heavy atom. The Bertz CT molecular complexity index is 968. The zero-order valence-corrected chi connectivity index (χ0v) is 15.4. The molecule has 1 saturated carbocycles. The molecule has 4 nitrogen and oxygen atoms in total. The smallest absolute Gasteiger partial charge is 0.196 e. The molecule has 0 radical (unpaired) electrons. The van der Waals surface area contributed by atoms with Gasteiger partial charge in [-0.05, 0) is 43.4 Å². The number of nitriles is 2. The molecule has 130 valence electrons. The van der Waals surface area contributed by atoms with Crippen molar-refractivity contribution in [3.63, 3.8) is 0 Å². The van der Waals surface area contributed by atoms with Gasteiger partial charge in [-0.3, -0.25) is 9.59 Å². The summed E-state index contributed by atoms with van der Waals surface area (Å²) >= 11 is 0. The first-order chi connectivity index (χ1) is 12.2. The van der Waals surface area contributed by atoms with E-state index in [4.69, 9.17) is 0 Å².